The predicted octanol–water partition coefficient (Wildman–Crippen LogP) is 4.50. The number of hydrazine groups is 1. The molecule has 40 heavy (non-hydrogen) atoms. The molecule has 0 aromatic heterocycles. The normalized spacial score (nSPS) is 10.7. The van der Waals surface area contributed by atoms with Crippen LogP contribution in [0.5, 0.6) is 23.0 Å². The van der Waals surface area contributed by atoms with Crippen LogP contribution in [0.4, 0.5) is 5.69 Å². The molecule has 0 fully saturated rings. The third-order valence-electron chi connectivity index (χ3n) is 5.91. The van der Waals surface area contributed by atoms with Crippen LogP contribution in [-0.2, 0) is 16.2 Å². The maximum Gasteiger partial charge on any atom is 0.269 e. The minimum Gasteiger partial charge on any atom is -0.493 e. The van der Waals surface area contributed by atoms with E-state index in [2.05, 4.69) is 16.2 Å². The summed E-state index contributed by atoms with van der Waals surface area (Å²) in [6.07, 6.45) is 0.0930. The molecule has 0 unspecified atom stereocenters. The Hall–Kier alpha value is -4.73. The van der Waals surface area contributed by atoms with E-state index in [4.69, 9.17) is 18.9 Å². The molecular formula is C30H35N3O7. The number of rotatable bonds is 12. The molecule has 0 saturated carbocycles. The Labute approximate surface area is 233 Å². The molecule has 3 N–H and O–H groups in total. The van der Waals surface area contributed by atoms with Crippen molar-refractivity contribution in [1.29, 1.82) is 0 Å². The van der Waals surface area contributed by atoms with Crippen molar-refractivity contribution in [2.24, 2.45) is 5.41 Å². The van der Waals surface area contributed by atoms with E-state index in [9.17, 15) is 14.4 Å². The smallest absolute Gasteiger partial charge is 0.269 e. The highest BCUT2D eigenvalue weighted by Crippen LogP contribution is 2.38. The number of carbonyl (C=O) groups excluding carboxylic acids is 3. The molecule has 0 radical (unpaired) electrons. The van der Waals surface area contributed by atoms with Gasteiger partial charge in [0.15, 0.2) is 11.5 Å². The van der Waals surface area contributed by atoms with Crippen molar-refractivity contribution in [2.45, 2.75) is 33.3 Å². The fourth-order valence-corrected chi connectivity index (χ4v) is 3.97. The second-order valence-electron chi connectivity index (χ2n) is 9.78. The quantitative estimate of drug-likeness (QED) is 0.284. The third-order valence-corrected chi connectivity index (χ3v) is 5.91. The minimum atomic E-state index is -0.676. The molecule has 3 aromatic carbocycles. The molecule has 3 aromatic rings. The fourth-order valence-electron chi connectivity index (χ4n) is 3.97. The first-order chi connectivity index (χ1) is 19.1. The van der Waals surface area contributed by atoms with Gasteiger partial charge in [0.25, 0.3) is 5.91 Å². The number of methoxy groups -OCH3 is 3. The highest BCUT2D eigenvalue weighted by molar-refractivity contribution is 5.97. The van der Waals surface area contributed by atoms with Gasteiger partial charge in [-0.25, -0.2) is 0 Å². The molecule has 3 amide bonds. The number of anilines is 1. The number of ether oxygens (including phenoxy) is 4. The van der Waals surface area contributed by atoms with Crippen molar-refractivity contribution in [3.63, 3.8) is 0 Å². The summed E-state index contributed by atoms with van der Waals surface area (Å²) in [6, 6.07) is 19.9. The van der Waals surface area contributed by atoms with Gasteiger partial charge in [0.05, 0.1) is 21.3 Å². The molecule has 212 valence electrons. The molecule has 10 heteroatoms. The molecule has 0 spiro atoms. The first kappa shape index (κ1) is 29.8. The summed E-state index contributed by atoms with van der Waals surface area (Å²) in [5.41, 5.74) is 5.98. The topological polar surface area (TPSA) is 124 Å². The van der Waals surface area contributed by atoms with E-state index < -0.39 is 17.2 Å². The molecule has 0 heterocycles. The summed E-state index contributed by atoms with van der Waals surface area (Å²) >= 11 is 0. The molecule has 0 saturated heterocycles. The molecular weight excluding hydrogens is 514 g/mol. The standard InChI is InChI=1S/C30H35N3O7/c1-30(2,17-26(34)31-22-11-13-23(14-12-22)40-19-20-9-7-6-8-10-20)18-27(35)32-33-29(36)21-15-24(37-3)28(39-5)25(16-21)38-4/h6-16H,17-19H2,1-5H3,(H,31,34)(H,32,35)(H,33,36). The fraction of sp³-hybridized carbons (Fsp3) is 0.300. The van der Waals surface area contributed by atoms with E-state index in [0.29, 0.717) is 35.3 Å². The van der Waals surface area contributed by atoms with Crippen LogP contribution < -0.4 is 35.1 Å². The minimum absolute atomic E-state index is 0.00220. The van der Waals surface area contributed by atoms with Crippen LogP contribution in [-0.4, -0.2) is 39.1 Å². The van der Waals surface area contributed by atoms with E-state index in [1.807, 2.05) is 30.3 Å². The summed E-state index contributed by atoms with van der Waals surface area (Å²) < 4.78 is 21.5. The highest BCUT2D eigenvalue weighted by Gasteiger charge is 2.26. The van der Waals surface area contributed by atoms with Gasteiger partial charge in [-0.3, -0.25) is 25.2 Å². The molecule has 0 aliphatic heterocycles. The number of nitrogens with one attached hydrogen (secondary N) is 3. The lowest BCUT2D eigenvalue weighted by Crippen LogP contribution is -2.43. The maximum atomic E-state index is 12.7. The lowest BCUT2D eigenvalue weighted by molar-refractivity contribution is -0.124. The summed E-state index contributed by atoms with van der Waals surface area (Å²) in [5.74, 6) is 0.389. The van der Waals surface area contributed by atoms with Gasteiger partial charge in [0.2, 0.25) is 17.6 Å². The van der Waals surface area contributed by atoms with Crippen LogP contribution in [0.25, 0.3) is 0 Å². The van der Waals surface area contributed by atoms with Gasteiger partial charge in [0, 0.05) is 24.1 Å². The van der Waals surface area contributed by atoms with Gasteiger partial charge in [-0.05, 0) is 47.4 Å². The van der Waals surface area contributed by atoms with Crippen molar-refractivity contribution < 1.29 is 33.3 Å². The third kappa shape index (κ3) is 8.65. The monoisotopic (exact) mass is 549 g/mol. The Morgan fingerprint density at radius 3 is 1.93 bits per heavy atom. The van der Waals surface area contributed by atoms with E-state index in [1.54, 1.807) is 38.1 Å². The number of carbonyl (C=O) groups is 3. The zero-order valence-corrected chi connectivity index (χ0v) is 23.3. The Balaban J connectivity index is 1.47. The Kier molecular flexibility index (Phi) is 10.4. The summed E-state index contributed by atoms with van der Waals surface area (Å²) in [7, 11) is 4.34. The van der Waals surface area contributed by atoms with Crippen molar-refractivity contribution in [2.75, 3.05) is 26.6 Å². The molecule has 10 nitrogen and oxygen atoms in total. The van der Waals surface area contributed by atoms with E-state index in [0.717, 1.165) is 5.56 Å². The van der Waals surface area contributed by atoms with Crippen molar-refractivity contribution in [3.8, 4) is 23.0 Å². The van der Waals surface area contributed by atoms with Crippen LogP contribution in [0.1, 0.15) is 42.6 Å². The first-order valence-corrected chi connectivity index (χ1v) is 12.6. The average molecular weight is 550 g/mol. The van der Waals surface area contributed by atoms with Crippen LogP contribution in [0.2, 0.25) is 0 Å². The first-order valence-electron chi connectivity index (χ1n) is 12.6. The summed E-state index contributed by atoms with van der Waals surface area (Å²) in [5, 5.41) is 2.85. The van der Waals surface area contributed by atoms with Crippen LogP contribution in [0.3, 0.4) is 0 Å². The van der Waals surface area contributed by atoms with Crippen molar-refractivity contribution in [3.05, 3.63) is 77.9 Å². The number of amides is 3. The zero-order chi connectivity index (χ0) is 29.1. The number of hydrogen-bond acceptors (Lipinski definition) is 7. The van der Waals surface area contributed by atoms with Gasteiger partial charge in [-0.1, -0.05) is 44.2 Å². The molecule has 0 bridgehead atoms. The predicted molar refractivity (Wildman–Crippen MR) is 151 cm³/mol. The molecule has 0 aliphatic carbocycles. The second kappa shape index (κ2) is 13.9. The molecule has 0 atom stereocenters. The van der Waals surface area contributed by atoms with Gasteiger partial charge < -0.3 is 24.3 Å². The Morgan fingerprint density at radius 1 is 0.750 bits per heavy atom. The largest absolute Gasteiger partial charge is 0.493 e. The number of benzene rings is 3. The van der Waals surface area contributed by atoms with E-state index in [1.165, 1.54) is 33.5 Å². The Bertz CT molecular complexity index is 1280. The van der Waals surface area contributed by atoms with Crippen LogP contribution >= 0.6 is 0 Å². The summed E-state index contributed by atoms with van der Waals surface area (Å²) in [4.78, 5) is 37.8. The molecule has 0 aliphatic rings. The van der Waals surface area contributed by atoms with Crippen LogP contribution in [0, 0.1) is 5.41 Å². The Morgan fingerprint density at radius 2 is 1.35 bits per heavy atom. The zero-order valence-electron chi connectivity index (χ0n) is 23.3. The van der Waals surface area contributed by atoms with Gasteiger partial charge >= 0.3 is 0 Å². The van der Waals surface area contributed by atoms with Gasteiger partial charge in [0.1, 0.15) is 12.4 Å². The average Bonchev–Trinajstić information content (AvgIpc) is 2.94. The SMILES string of the molecule is COc1cc(C(=O)NNC(=O)CC(C)(C)CC(=O)Nc2ccc(OCc3ccccc3)cc2)cc(OC)c1OC. The van der Waals surface area contributed by atoms with Crippen molar-refractivity contribution in [1.82, 2.24) is 10.9 Å². The van der Waals surface area contributed by atoms with E-state index in [-0.39, 0.29) is 24.3 Å². The summed E-state index contributed by atoms with van der Waals surface area (Å²) in [6.45, 7) is 4.05. The van der Waals surface area contributed by atoms with Crippen molar-refractivity contribution >= 4 is 23.4 Å². The lowest BCUT2D eigenvalue weighted by atomic mass is 9.85. The van der Waals surface area contributed by atoms with Gasteiger partial charge in [-0.15, -0.1) is 0 Å². The van der Waals surface area contributed by atoms with Gasteiger partial charge in [-0.2, -0.15) is 0 Å². The van der Waals surface area contributed by atoms with Crippen LogP contribution in [0.15, 0.2) is 66.7 Å². The second-order valence-corrected chi connectivity index (χ2v) is 9.78. The number of hydrogen-bond donors (Lipinski definition) is 3. The lowest BCUT2D eigenvalue weighted by Gasteiger charge is -2.23. The highest BCUT2D eigenvalue weighted by atomic mass is 16.5. The maximum absolute atomic E-state index is 12.7. The van der Waals surface area contributed by atoms with E-state index >= 15 is 0 Å². The molecule has 3 rings (SSSR count).